The van der Waals surface area contributed by atoms with E-state index >= 15 is 0 Å². The summed E-state index contributed by atoms with van der Waals surface area (Å²) in [6.07, 6.45) is 15.1. The fraction of sp³-hybridized carbons (Fsp3) is 0.789. The fourth-order valence-electron chi connectivity index (χ4n) is 3.69. The molecule has 3 heteroatoms. The molecule has 22 heavy (non-hydrogen) atoms. The molecule has 0 aromatic heterocycles. The van der Waals surface area contributed by atoms with Crippen molar-refractivity contribution in [2.45, 2.75) is 64.1 Å². The van der Waals surface area contributed by atoms with Gasteiger partial charge in [-0.15, -0.1) is 6.58 Å². The van der Waals surface area contributed by atoms with E-state index in [0.29, 0.717) is 11.8 Å². The smallest absolute Gasteiger partial charge is 0.160 e. The SMILES string of the molecule is C=CCCCC1COC(C2CCC(CC/C=C/Cl)CC2)OC1. The van der Waals surface area contributed by atoms with Crippen molar-refractivity contribution in [2.24, 2.45) is 17.8 Å². The zero-order chi connectivity index (χ0) is 15.6. The first kappa shape index (κ1) is 18.0. The van der Waals surface area contributed by atoms with E-state index in [2.05, 4.69) is 12.7 Å². The molecule has 2 aliphatic rings. The highest BCUT2D eigenvalue weighted by Gasteiger charge is 2.32. The third-order valence-corrected chi connectivity index (χ3v) is 5.30. The molecule has 0 aromatic rings. The van der Waals surface area contributed by atoms with Crippen molar-refractivity contribution < 1.29 is 9.47 Å². The Morgan fingerprint density at radius 1 is 0.955 bits per heavy atom. The Balaban J connectivity index is 1.61. The maximum absolute atomic E-state index is 6.02. The first-order chi connectivity index (χ1) is 10.8. The van der Waals surface area contributed by atoms with Crippen LogP contribution in [0.25, 0.3) is 0 Å². The normalized spacial score (nSPS) is 33.1. The summed E-state index contributed by atoms with van der Waals surface area (Å²) in [5, 5.41) is 0. The second-order valence-electron chi connectivity index (χ2n) is 6.84. The molecule has 0 aromatic carbocycles. The Bertz CT molecular complexity index is 326. The standard InChI is InChI=1S/C19H31ClO2/c1-2-3-4-8-17-14-21-19(22-15-17)18-11-9-16(10-12-18)7-5-6-13-20/h2,6,13,16-19H,1,3-5,7-12,14-15H2/b13-6+. The second kappa shape index (κ2) is 10.5. The highest BCUT2D eigenvalue weighted by atomic mass is 35.5. The number of rotatable bonds is 8. The molecule has 0 radical (unpaired) electrons. The predicted octanol–water partition coefficient (Wildman–Crippen LogP) is 5.67. The largest absolute Gasteiger partial charge is 0.352 e. The van der Waals surface area contributed by atoms with Crippen LogP contribution < -0.4 is 0 Å². The van der Waals surface area contributed by atoms with Gasteiger partial charge in [0.25, 0.3) is 0 Å². The second-order valence-corrected chi connectivity index (χ2v) is 7.09. The number of halogens is 1. The van der Waals surface area contributed by atoms with Gasteiger partial charge >= 0.3 is 0 Å². The van der Waals surface area contributed by atoms with Crippen LogP contribution in [0.4, 0.5) is 0 Å². The highest BCUT2D eigenvalue weighted by Crippen LogP contribution is 2.36. The van der Waals surface area contributed by atoms with Gasteiger partial charge in [-0.3, -0.25) is 0 Å². The lowest BCUT2D eigenvalue weighted by Gasteiger charge is -2.37. The van der Waals surface area contributed by atoms with Crippen LogP contribution >= 0.6 is 11.6 Å². The molecule has 126 valence electrons. The van der Waals surface area contributed by atoms with Gasteiger partial charge in [-0.1, -0.05) is 23.8 Å². The van der Waals surface area contributed by atoms with Gasteiger partial charge < -0.3 is 9.47 Å². The summed E-state index contributed by atoms with van der Waals surface area (Å²) in [5.74, 6) is 2.04. The van der Waals surface area contributed by atoms with Gasteiger partial charge in [0.05, 0.1) is 13.2 Å². The van der Waals surface area contributed by atoms with Crippen molar-refractivity contribution >= 4 is 11.6 Å². The van der Waals surface area contributed by atoms with Crippen LogP contribution in [-0.2, 0) is 9.47 Å². The molecule has 2 rings (SSSR count). The Kier molecular flexibility index (Phi) is 8.58. The first-order valence-corrected chi connectivity index (χ1v) is 9.36. The van der Waals surface area contributed by atoms with Crippen molar-refractivity contribution in [1.82, 2.24) is 0 Å². The molecule has 1 heterocycles. The topological polar surface area (TPSA) is 18.5 Å². The average Bonchev–Trinajstić information content (AvgIpc) is 2.57. The fourth-order valence-corrected chi connectivity index (χ4v) is 3.82. The minimum absolute atomic E-state index is 0.0549. The number of allylic oxidation sites excluding steroid dienone is 2. The predicted molar refractivity (Wildman–Crippen MR) is 92.9 cm³/mol. The van der Waals surface area contributed by atoms with Crippen LogP contribution in [0.5, 0.6) is 0 Å². The summed E-state index contributed by atoms with van der Waals surface area (Å²) in [7, 11) is 0. The zero-order valence-corrected chi connectivity index (χ0v) is 14.5. The van der Waals surface area contributed by atoms with Crippen LogP contribution in [0, 0.1) is 17.8 Å². The van der Waals surface area contributed by atoms with Gasteiger partial charge in [-0.25, -0.2) is 0 Å². The molecule has 1 saturated heterocycles. The van der Waals surface area contributed by atoms with Crippen molar-refractivity contribution in [3.05, 3.63) is 24.3 Å². The summed E-state index contributed by atoms with van der Waals surface area (Å²) >= 11 is 5.58. The summed E-state index contributed by atoms with van der Waals surface area (Å²) < 4.78 is 12.0. The molecule has 1 aliphatic heterocycles. The van der Waals surface area contributed by atoms with Gasteiger partial charge in [0, 0.05) is 17.4 Å². The minimum atomic E-state index is 0.0549. The highest BCUT2D eigenvalue weighted by molar-refractivity contribution is 6.25. The third kappa shape index (κ3) is 6.06. The first-order valence-electron chi connectivity index (χ1n) is 8.92. The molecule has 0 N–H and O–H groups in total. The van der Waals surface area contributed by atoms with Crippen LogP contribution in [0.3, 0.4) is 0 Å². The number of unbranched alkanes of at least 4 members (excludes halogenated alkanes) is 1. The maximum atomic E-state index is 6.02. The van der Waals surface area contributed by atoms with E-state index in [0.717, 1.165) is 32.0 Å². The summed E-state index contributed by atoms with van der Waals surface area (Å²) in [5.41, 5.74) is 1.64. The van der Waals surface area contributed by atoms with Crippen molar-refractivity contribution in [3.63, 3.8) is 0 Å². The Labute approximate surface area is 140 Å². The molecule has 0 amide bonds. The molecule has 1 saturated carbocycles. The van der Waals surface area contributed by atoms with Gasteiger partial charge in [0.1, 0.15) is 0 Å². The van der Waals surface area contributed by atoms with Gasteiger partial charge in [-0.2, -0.15) is 0 Å². The Morgan fingerprint density at radius 2 is 1.68 bits per heavy atom. The minimum Gasteiger partial charge on any atom is -0.352 e. The zero-order valence-electron chi connectivity index (χ0n) is 13.7. The summed E-state index contributed by atoms with van der Waals surface area (Å²) in [4.78, 5) is 0. The molecule has 2 fully saturated rings. The quantitative estimate of drug-likeness (QED) is 0.422. The van der Waals surface area contributed by atoms with Crippen LogP contribution in [0.1, 0.15) is 57.8 Å². The monoisotopic (exact) mass is 326 g/mol. The molecule has 0 unspecified atom stereocenters. The average molecular weight is 327 g/mol. The van der Waals surface area contributed by atoms with Gasteiger partial charge in [-0.05, 0) is 63.7 Å². The lowest BCUT2D eigenvalue weighted by molar-refractivity contribution is -0.230. The molecule has 0 atom stereocenters. The van der Waals surface area contributed by atoms with E-state index in [1.54, 1.807) is 5.54 Å². The third-order valence-electron chi connectivity index (χ3n) is 5.12. The number of ether oxygens (including phenoxy) is 2. The summed E-state index contributed by atoms with van der Waals surface area (Å²) in [6.45, 7) is 5.53. The van der Waals surface area contributed by atoms with Crippen molar-refractivity contribution in [3.8, 4) is 0 Å². The molecule has 2 nitrogen and oxygen atoms in total. The molecular formula is C19H31ClO2. The van der Waals surface area contributed by atoms with Crippen molar-refractivity contribution in [2.75, 3.05) is 13.2 Å². The molecule has 0 bridgehead atoms. The lowest BCUT2D eigenvalue weighted by atomic mass is 9.79. The van der Waals surface area contributed by atoms with Crippen LogP contribution in [-0.4, -0.2) is 19.5 Å². The van der Waals surface area contributed by atoms with Crippen LogP contribution in [0.2, 0.25) is 0 Å². The van der Waals surface area contributed by atoms with Gasteiger partial charge in [0.15, 0.2) is 6.29 Å². The molecule has 1 aliphatic carbocycles. The lowest BCUT2D eigenvalue weighted by Crippen LogP contribution is -2.38. The van der Waals surface area contributed by atoms with E-state index in [1.807, 2.05) is 6.08 Å². The van der Waals surface area contributed by atoms with E-state index in [-0.39, 0.29) is 6.29 Å². The Morgan fingerprint density at radius 3 is 2.32 bits per heavy atom. The Hall–Kier alpha value is -0.310. The van der Waals surface area contributed by atoms with Crippen LogP contribution in [0.15, 0.2) is 24.3 Å². The van der Waals surface area contributed by atoms with E-state index < -0.39 is 0 Å². The molecular weight excluding hydrogens is 296 g/mol. The van der Waals surface area contributed by atoms with E-state index in [4.69, 9.17) is 21.1 Å². The van der Waals surface area contributed by atoms with Gasteiger partial charge in [0.2, 0.25) is 0 Å². The molecule has 0 spiro atoms. The van der Waals surface area contributed by atoms with E-state index in [9.17, 15) is 0 Å². The van der Waals surface area contributed by atoms with Crippen molar-refractivity contribution in [1.29, 1.82) is 0 Å². The maximum Gasteiger partial charge on any atom is 0.160 e. The summed E-state index contributed by atoms with van der Waals surface area (Å²) in [6, 6.07) is 0. The van der Waals surface area contributed by atoms with E-state index in [1.165, 1.54) is 44.9 Å². The number of hydrogen-bond acceptors (Lipinski definition) is 2. The number of hydrogen-bond donors (Lipinski definition) is 0.